The van der Waals surface area contributed by atoms with Crippen molar-refractivity contribution in [1.29, 1.82) is 0 Å². The molecule has 0 radical (unpaired) electrons. The van der Waals surface area contributed by atoms with E-state index in [0.29, 0.717) is 11.4 Å². The van der Waals surface area contributed by atoms with Gasteiger partial charge in [-0.15, -0.1) is 0 Å². The first kappa shape index (κ1) is 15.4. The van der Waals surface area contributed by atoms with E-state index in [2.05, 4.69) is 4.74 Å². The molecule has 0 aliphatic rings. The highest BCUT2D eigenvalue weighted by molar-refractivity contribution is 6.30. The summed E-state index contributed by atoms with van der Waals surface area (Å²) < 4.78 is 4.62. The highest BCUT2D eigenvalue weighted by atomic mass is 35.5. The van der Waals surface area contributed by atoms with Crippen molar-refractivity contribution in [3.8, 4) is 0 Å². The first-order valence-electron chi connectivity index (χ1n) is 5.96. The van der Waals surface area contributed by atoms with Gasteiger partial charge in [0, 0.05) is 5.02 Å². The van der Waals surface area contributed by atoms with Gasteiger partial charge in [0.15, 0.2) is 0 Å². The number of rotatable bonds is 5. The van der Waals surface area contributed by atoms with Crippen molar-refractivity contribution in [1.82, 2.24) is 0 Å². The van der Waals surface area contributed by atoms with Gasteiger partial charge in [0.1, 0.15) is 11.7 Å². The van der Waals surface area contributed by atoms with Crippen molar-refractivity contribution in [2.75, 3.05) is 7.11 Å². The molecule has 3 nitrogen and oxygen atoms in total. The number of methoxy groups -OCH3 is 1. The number of Topliss-reactive ketones (excluding diaryl/α,β-unsaturated/α-hetero) is 1. The van der Waals surface area contributed by atoms with Crippen molar-refractivity contribution in [2.45, 2.75) is 20.3 Å². The van der Waals surface area contributed by atoms with Crippen LogP contribution in [0.2, 0.25) is 5.02 Å². The Bertz CT molecular complexity index is 489. The molecule has 0 aliphatic heterocycles. The largest absolute Gasteiger partial charge is 0.468 e. The van der Waals surface area contributed by atoms with E-state index in [1.807, 2.05) is 25.1 Å². The second-order valence-corrected chi connectivity index (χ2v) is 4.75. The fourth-order valence-electron chi connectivity index (χ4n) is 1.70. The molecule has 0 aliphatic carbocycles. The van der Waals surface area contributed by atoms with E-state index in [-0.39, 0.29) is 5.78 Å². The number of carbonyl (C=O) groups is 2. The number of carbonyl (C=O) groups excluding carboxylic acids is 2. The third kappa shape index (κ3) is 4.52. The van der Waals surface area contributed by atoms with Crippen LogP contribution in [0.4, 0.5) is 0 Å². The predicted octanol–water partition coefficient (Wildman–Crippen LogP) is 3.51. The molecule has 1 aromatic rings. The van der Waals surface area contributed by atoms with E-state index in [1.54, 1.807) is 12.1 Å². The van der Waals surface area contributed by atoms with Crippen molar-refractivity contribution >= 4 is 28.9 Å². The minimum Gasteiger partial charge on any atom is -0.468 e. The van der Waals surface area contributed by atoms with Crippen molar-refractivity contribution in [2.24, 2.45) is 5.92 Å². The zero-order valence-electron chi connectivity index (χ0n) is 11.3. The minimum absolute atomic E-state index is 0.188. The van der Waals surface area contributed by atoms with Gasteiger partial charge in [0.2, 0.25) is 0 Å². The fraction of sp³-hybridized carbons (Fsp3) is 0.333. The van der Waals surface area contributed by atoms with Crippen LogP contribution in [0.15, 0.2) is 30.3 Å². The number of esters is 1. The van der Waals surface area contributed by atoms with Gasteiger partial charge in [-0.2, -0.15) is 0 Å². The number of ketones is 1. The quantitative estimate of drug-likeness (QED) is 0.612. The molecule has 0 saturated carbocycles. The first-order chi connectivity index (χ1) is 8.95. The van der Waals surface area contributed by atoms with Gasteiger partial charge in [-0.05, 0) is 43.5 Å². The first-order valence-corrected chi connectivity index (χ1v) is 6.34. The third-order valence-corrected chi connectivity index (χ3v) is 3.19. The zero-order chi connectivity index (χ0) is 14.4. The molecule has 0 fully saturated rings. The average Bonchev–Trinajstić information content (AvgIpc) is 2.38. The van der Waals surface area contributed by atoms with Gasteiger partial charge in [-0.3, -0.25) is 9.59 Å². The summed E-state index contributed by atoms with van der Waals surface area (Å²) in [5.74, 6) is -1.41. The molecule has 0 amide bonds. The molecule has 0 aromatic heterocycles. The lowest BCUT2D eigenvalue weighted by Crippen LogP contribution is -2.22. The van der Waals surface area contributed by atoms with Gasteiger partial charge in [-0.1, -0.05) is 29.8 Å². The molecular formula is C15H17ClO3. The number of allylic oxidation sites excluding steroid dienone is 2. The number of hydrogen-bond acceptors (Lipinski definition) is 3. The number of benzene rings is 1. The SMILES string of the molecule is COC(=O)[C@H](C/C=C(/C)c1ccc(Cl)cc1)C(C)=O. The van der Waals surface area contributed by atoms with Crippen molar-refractivity contribution < 1.29 is 14.3 Å². The summed E-state index contributed by atoms with van der Waals surface area (Å²) in [7, 11) is 1.29. The lowest BCUT2D eigenvalue weighted by molar-refractivity contribution is -0.148. The van der Waals surface area contributed by atoms with E-state index in [0.717, 1.165) is 11.1 Å². The number of hydrogen-bond donors (Lipinski definition) is 0. The van der Waals surface area contributed by atoms with E-state index in [1.165, 1.54) is 14.0 Å². The second-order valence-electron chi connectivity index (χ2n) is 4.32. The van der Waals surface area contributed by atoms with Crippen LogP contribution < -0.4 is 0 Å². The van der Waals surface area contributed by atoms with Crippen LogP contribution in [0.25, 0.3) is 5.57 Å². The Kier molecular flexibility index (Phi) is 5.77. The van der Waals surface area contributed by atoms with Crippen molar-refractivity contribution in [3.63, 3.8) is 0 Å². The maximum atomic E-state index is 11.5. The highest BCUT2D eigenvalue weighted by Gasteiger charge is 2.22. The van der Waals surface area contributed by atoms with Crippen molar-refractivity contribution in [3.05, 3.63) is 40.9 Å². The standard InChI is InChI=1S/C15H17ClO3/c1-10(12-5-7-13(16)8-6-12)4-9-14(11(2)17)15(18)19-3/h4-8,14H,9H2,1-3H3/b10-4-/t14-/m1/s1. The number of ether oxygens (including phenoxy) is 1. The van der Waals surface area contributed by atoms with Gasteiger partial charge >= 0.3 is 5.97 Å². The monoisotopic (exact) mass is 280 g/mol. The maximum absolute atomic E-state index is 11.5. The molecule has 1 atom stereocenters. The van der Waals surface area contributed by atoms with Gasteiger partial charge in [-0.25, -0.2) is 0 Å². The lowest BCUT2D eigenvalue weighted by Gasteiger charge is -2.09. The van der Waals surface area contributed by atoms with Gasteiger partial charge in [0.25, 0.3) is 0 Å². The second kappa shape index (κ2) is 7.10. The fourth-order valence-corrected chi connectivity index (χ4v) is 1.82. The highest BCUT2D eigenvalue weighted by Crippen LogP contribution is 2.19. The maximum Gasteiger partial charge on any atom is 0.316 e. The van der Waals surface area contributed by atoms with Crippen LogP contribution in [0.3, 0.4) is 0 Å². The Labute approximate surface area is 118 Å². The summed E-state index contributed by atoms with van der Waals surface area (Å²) >= 11 is 5.82. The van der Waals surface area contributed by atoms with Crippen LogP contribution in [0.1, 0.15) is 25.8 Å². The molecule has 1 aromatic carbocycles. The summed E-state index contributed by atoms with van der Waals surface area (Å²) in [5, 5.41) is 0.674. The molecule has 102 valence electrons. The van der Waals surface area contributed by atoms with E-state index in [9.17, 15) is 9.59 Å². The van der Waals surface area contributed by atoms with Crippen LogP contribution in [0, 0.1) is 5.92 Å². The topological polar surface area (TPSA) is 43.4 Å². The molecule has 4 heteroatoms. The number of halogens is 1. The summed E-state index contributed by atoms with van der Waals surface area (Å²) in [4.78, 5) is 22.8. The third-order valence-electron chi connectivity index (χ3n) is 2.94. The Hall–Kier alpha value is -1.61. The summed E-state index contributed by atoms with van der Waals surface area (Å²) in [6.45, 7) is 3.32. The zero-order valence-corrected chi connectivity index (χ0v) is 12.0. The summed E-state index contributed by atoms with van der Waals surface area (Å²) in [6.07, 6.45) is 2.21. The van der Waals surface area contributed by atoms with Crippen LogP contribution >= 0.6 is 11.6 Å². The van der Waals surface area contributed by atoms with E-state index < -0.39 is 11.9 Å². The molecule has 19 heavy (non-hydrogen) atoms. The van der Waals surface area contributed by atoms with Gasteiger partial charge in [0.05, 0.1) is 7.11 Å². The molecule has 0 bridgehead atoms. The minimum atomic E-state index is -0.729. The van der Waals surface area contributed by atoms with Crippen LogP contribution in [-0.4, -0.2) is 18.9 Å². The Morgan fingerprint density at radius 2 is 1.84 bits per heavy atom. The molecule has 0 heterocycles. The van der Waals surface area contributed by atoms with Crippen LogP contribution in [-0.2, 0) is 14.3 Å². The summed E-state index contributed by atoms with van der Waals surface area (Å²) in [6, 6.07) is 7.40. The molecule has 0 saturated heterocycles. The van der Waals surface area contributed by atoms with Gasteiger partial charge < -0.3 is 4.74 Å². The predicted molar refractivity (Wildman–Crippen MR) is 75.9 cm³/mol. The van der Waals surface area contributed by atoms with Crippen LogP contribution in [0.5, 0.6) is 0 Å². The Balaban J connectivity index is 2.81. The smallest absolute Gasteiger partial charge is 0.316 e. The molecular weight excluding hydrogens is 264 g/mol. The Morgan fingerprint density at radius 3 is 2.32 bits per heavy atom. The van der Waals surface area contributed by atoms with E-state index in [4.69, 9.17) is 11.6 Å². The average molecular weight is 281 g/mol. The molecule has 0 spiro atoms. The lowest BCUT2D eigenvalue weighted by atomic mass is 9.98. The molecule has 1 rings (SSSR count). The summed E-state index contributed by atoms with van der Waals surface area (Å²) in [5.41, 5.74) is 2.00. The normalized spacial score (nSPS) is 12.9. The Morgan fingerprint density at radius 1 is 1.26 bits per heavy atom. The molecule has 0 unspecified atom stereocenters. The van der Waals surface area contributed by atoms with E-state index >= 15 is 0 Å². The molecule has 0 N–H and O–H groups in total.